The standard InChI is InChI=1S/C24H24ClN5O.C18H20ClN3/c25-19-7-8-21-18(15-19)6-5-17-3-1-10-27-22(17)23(21)29-11-13-30(14-12-29)24(31)28-20-4-2-9-26-16-20;19-15-5-6-16-14(12-15)4-3-13-2-1-7-21-17(13)18(16)22-10-8-20-9-11-22/h1-4,7-10,15-16,23H,5-6,11-14H2,(H,28,31);1-2,5-7,12,18,20H,3-4,8-11H2/t23-;18-/m11/s1. The number of benzene rings is 2. The smallest absolute Gasteiger partial charge is 0.321 e. The summed E-state index contributed by atoms with van der Waals surface area (Å²) in [5.74, 6) is 0. The maximum atomic E-state index is 12.7. The minimum absolute atomic E-state index is 0.0782. The molecule has 0 bridgehead atoms. The quantitative estimate of drug-likeness (QED) is 0.206. The first-order valence-electron chi connectivity index (χ1n) is 18.6. The highest BCUT2D eigenvalue weighted by Gasteiger charge is 2.34. The van der Waals surface area contributed by atoms with Gasteiger partial charge in [0.2, 0.25) is 0 Å². The number of pyridine rings is 3. The van der Waals surface area contributed by atoms with Crippen LogP contribution < -0.4 is 10.6 Å². The van der Waals surface area contributed by atoms with E-state index in [4.69, 9.17) is 33.2 Å². The summed E-state index contributed by atoms with van der Waals surface area (Å²) >= 11 is 12.5. The molecule has 4 aliphatic rings. The molecule has 0 saturated carbocycles. The van der Waals surface area contributed by atoms with Crippen molar-refractivity contribution in [2.45, 2.75) is 37.8 Å². The van der Waals surface area contributed by atoms with Gasteiger partial charge < -0.3 is 15.5 Å². The number of carbonyl (C=O) groups is 1. The van der Waals surface area contributed by atoms with Crippen LogP contribution >= 0.6 is 23.2 Å². The normalized spacial score (nSPS) is 19.9. The van der Waals surface area contributed by atoms with Crippen LogP contribution in [0.1, 0.15) is 56.9 Å². The van der Waals surface area contributed by atoms with Gasteiger partial charge in [0, 0.05) is 81.0 Å². The minimum atomic E-state index is -0.0841. The molecule has 9 nitrogen and oxygen atoms in total. The molecule has 2 aromatic carbocycles. The highest BCUT2D eigenvalue weighted by molar-refractivity contribution is 6.31. The Hall–Kier alpha value is -4.38. The number of fused-ring (bicyclic) bond motifs is 4. The van der Waals surface area contributed by atoms with Gasteiger partial charge in [0.15, 0.2) is 0 Å². The molecule has 5 heterocycles. The number of rotatable bonds is 3. The van der Waals surface area contributed by atoms with E-state index in [0.717, 1.165) is 80.7 Å². The van der Waals surface area contributed by atoms with Crippen LogP contribution in [0, 0.1) is 0 Å². The Kier molecular flexibility index (Phi) is 11.0. The summed E-state index contributed by atoms with van der Waals surface area (Å²) in [7, 11) is 0. The molecule has 2 fully saturated rings. The molecule has 3 aromatic heterocycles. The van der Waals surface area contributed by atoms with E-state index in [0.29, 0.717) is 18.8 Å². The molecule has 5 aromatic rings. The van der Waals surface area contributed by atoms with Gasteiger partial charge in [-0.15, -0.1) is 0 Å². The van der Waals surface area contributed by atoms with Crippen LogP contribution in [0.15, 0.2) is 97.6 Å². The van der Waals surface area contributed by atoms with Crippen LogP contribution in [0.4, 0.5) is 10.5 Å². The monoisotopic (exact) mass is 746 g/mol. The van der Waals surface area contributed by atoms with E-state index in [1.807, 2.05) is 47.6 Å². The largest absolute Gasteiger partial charge is 0.322 e. The third-order valence-corrected chi connectivity index (χ3v) is 11.4. The number of nitrogens with one attached hydrogen (secondary N) is 2. The molecule has 2 atom stereocenters. The number of urea groups is 1. The van der Waals surface area contributed by atoms with Gasteiger partial charge in [0.05, 0.1) is 35.4 Å². The number of piperazine rings is 2. The molecular weight excluding hydrogens is 703 g/mol. The summed E-state index contributed by atoms with van der Waals surface area (Å²) in [5.41, 5.74) is 11.0. The predicted molar refractivity (Wildman–Crippen MR) is 211 cm³/mol. The number of anilines is 1. The van der Waals surface area contributed by atoms with E-state index in [9.17, 15) is 4.79 Å². The van der Waals surface area contributed by atoms with Gasteiger partial charge in [-0.05, 0) is 108 Å². The topological polar surface area (TPSA) is 89.5 Å². The number of hydrogen-bond acceptors (Lipinski definition) is 7. The number of aromatic nitrogens is 3. The number of nitrogens with zero attached hydrogens (tertiary/aromatic N) is 6. The Labute approximate surface area is 321 Å². The molecule has 272 valence electrons. The summed E-state index contributed by atoms with van der Waals surface area (Å²) in [6, 6.07) is 24.9. The number of amides is 2. The van der Waals surface area contributed by atoms with Crippen molar-refractivity contribution in [3.8, 4) is 0 Å². The highest BCUT2D eigenvalue weighted by atomic mass is 35.5. The summed E-state index contributed by atoms with van der Waals surface area (Å²) in [6.45, 7) is 7.09. The van der Waals surface area contributed by atoms with Gasteiger partial charge in [-0.25, -0.2) is 4.79 Å². The average molecular weight is 748 g/mol. The van der Waals surface area contributed by atoms with Crippen molar-refractivity contribution in [1.82, 2.24) is 35.0 Å². The zero-order valence-electron chi connectivity index (χ0n) is 29.7. The molecule has 0 unspecified atom stereocenters. The van der Waals surface area contributed by atoms with Gasteiger partial charge in [-0.1, -0.05) is 47.5 Å². The lowest BCUT2D eigenvalue weighted by Crippen LogP contribution is -2.51. The maximum Gasteiger partial charge on any atom is 0.321 e. The summed E-state index contributed by atoms with van der Waals surface area (Å²) in [5, 5.41) is 7.98. The van der Waals surface area contributed by atoms with Gasteiger partial charge in [-0.2, -0.15) is 0 Å². The Morgan fingerprint density at radius 1 is 0.642 bits per heavy atom. The van der Waals surface area contributed by atoms with Crippen LogP contribution in [0.2, 0.25) is 10.0 Å². The van der Waals surface area contributed by atoms with Crippen LogP contribution in [-0.4, -0.2) is 88.0 Å². The van der Waals surface area contributed by atoms with Crippen LogP contribution in [0.3, 0.4) is 0 Å². The zero-order chi connectivity index (χ0) is 36.1. The SMILES string of the molecule is Clc1ccc2c(c1)CCc1cccnc1[C@@H]2N1CCNCC1.O=C(Nc1cccnc1)N1CCN([C@@H]2c3ccc(Cl)cc3CCc3cccnc32)CC1. The summed E-state index contributed by atoms with van der Waals surface area (Å²) in [6.07, 6.45) is 11.1. The molecular formula is C42H44Cl2N8O. The third-order valence-electron chi connectivity index (χ3n) is 10.9. The molecule has 9 rings (SSSR count). The lowest BCUT2D eigenvalue weighted by molar-refractivity contribution is 0.125. The number of halogens is 2. The molecule has 11 heteroatoms. The molecule has 2 amide bonds. The zero-order valence-corrected chi connectivity index (χ0v) is 31.2. The van der Waals surface area contributed by atoms with E-state index in [-0.39, 0.29) is 18.1 Å². The summed E-state index contributed by atoms with van der Waals surface area (Å²) < 4.78 is 0. The van der Waals surface area contributed by atoms with Crippen molar-refractivity contribution in [1.29, 1.82) is 0 Å². The Bertz CT molecular complexity index is 2050. The lowest BCUT2D eigenvalue weighted by atomic mass is 9.96. The van der Waals surface area contributed by atoms with Crippen molar-refractivity contribution < 1.29 is 4.79 Å². The molecule has 2 N–H and O–H groups in total. The first-order valence-corrected chi connectivity index (χ1v) is 19.4. The average Bonchev–Trinajstić information content (AvgIpc) is 3.46. The number of carbonyl (C=O) groups excluding carboxylic acids is 1. The van der Waals surface area contributed by atoms with Gasteiger partial charge >= 0.3 is 6.03 Å². The second-order valence-corrected chi connectivity index (χ2v) is 14.9. The molecule has 53 heavy (non-hydrogen) atoms. The van der Waals surface area contributed by atoms with Gasteiger partial charge in [-0.3, -0.25) is 24.8 Å². The van der Waals surface area contributed by atoms with Gasteiger partial charge in [0.1, 0.15) is 0 Å². The van der Waals surface area contributed by atoms with Crippen molar-refractivity contribution in [2.75, 3.05) is 57.7 Å². The fourth-order valence-corrected chi connectivity index (χ4v) is 8.66. The van der Waals surface area contributed by atoms with E-state index in [1.165, 1.54) is 39.1 Å². The number of aryl methyl sites for hydroxylation is 4. The van der Waals surface area contributed by atoms with Crippen molar-refractivity contribution in [2.24, 2.45) is 0 Å². The van der Waals surface area contributed by atoms with Crippen molar-refractivity contribution in [3.63, 3.8) is 0 Å². The van der Waals surface area contributed by atoms with Crippen LogP contribution in [0.25, 0.3) is 0 Å². The Morgan fingerprint density at radius 2 is 1.17 bits per heavy atom. The third kappa shape index (κ3) is 7.95. The lowest BCUT2D eigenvalue weighted by Gasteiger charge is -2.39. The fourth-order valence-electron chi connectivity index (χ4n) is 8.27. The van der Waals surface area contributed by atoms with Gasteiger partial charge in [0.25, 0.3) is 0 Å². The predicted octanol–water partition coefficient (Wildman–Crippen LogP) is 7.00. The van der Waals surface area contributed by atoms with Crippen molar-refractivity contribution in [3.05, 3.63) is 152 Å². The molecule has 2 saturated heterocycles. The first kappa shape index (κ1) is 35.6. The first-order chi connectivity index (χ1) is 26.0. The minimum Gasteiger partial charge on any atom is -0.322 e. The fraction of sp³-hybridized carbons (Fsp3) is 0.333. The molecule has 0 spiro atoms. The van der Waals surface area contributed by atoms with E-state index in [2.05, 4.69) is 67.9 Å². The molecule has 2 aliphatic carbocycles. The second kappa shape index (κ2) is 16.3. The molecule has 2 aliphatic heterocycles. The van der Waals surface area contributed by atoms with E-state index >= 15 is 0 Å². The van der Waals surface area contributed by atoms with Crippen LogP contribution in [0.5, 0.6) is 0 Å². The van der Waals surface area contributed by atoms with Crippen LogP contribution in [-0.2, 0) is 25.7 Å². The second-order valence-electron chi connectivity index (χ2n) is 14.1. The molecule has 0 radical (unpaired) electrons. The highest BCUT2D eigenvalue weighted by Crippen LogP contribution is 2.38. The van der Waals surface area contributed by atoms with E-state index < -0.39 is 0 Å². The Balaban J connectivity index is 0.000000160. The number of hydrogen-bond donors (Lipinski definition) is 2. The van der Waals surface area contributed by atoms with E-state index in [1.54, 1.807) is 12.4 Å². The summed E-state index contributed by atoms with van der Waals surface area (Å²) in [4.78, 5) is 33.2. The maximum absolute atomic E-state index is 12.7. The Morgan fingerprint density at radius 3 is 1.72 bits per heavy atom. The van der Waals surface area contributed by atoms with Crippen molar-refractivity contribution >= 4 is 34.9 Å².